The van der Waals surface area contributed by atoms with Gasteiger partial charge in [0.15, 0.2) is 11.9 Å². The van der Waals surface area contributed by atoms with Crippen molar-refractivity contribution in [1.82, 2.24) is 0 Å². The van der Waals surface area contributed by atoms with E-state index in [2.05, 4.69) is 13.8 Å². The lowest BCUT2D eigenvalue weighted by Gasteiger charge is -2.60. The lowest BCUT2D eigenvalue weighted by Crippen LogP contribution is -2.70. The van der Waals surface area contributed by atoms with E-state index in [0.29, 0.717) is 17.6 Å². The van der Waals surface area contributed by atoms with Gasteiger partial charge in [0.05, 0.1) is 5.56 Å². The van der Waals surface area contributed by atoms with Crippen LogP contribution in [-0.4, -0.2) is 35.0 Å². The van der Waals surface area contributed by atoms with Gasteiger partial charge in [-0.3, -0.25) is 0 Å². The molecular weight excluding hydrogens is 376 g/mol. The summed E-state index contributed by atoms with van der Waals surface area (Å²) >= 11 is 0. The molecule has 4 heterocycles. The normalized spacial score (nSPS) is 45.9. The first-order valence-corrected chi connectivity index (χ1v) is 10.5. The zero-order chi connectivity index (χ0) is 20.4. The van der Waals surface area contributed by atoms with Crippen molar-refractivity contribution in [1.29, 1.82) is 0 Å². The Morgan fingerprint density at radius 2 is 2.00 bits per heavy atom. The van der Waals surface area contributed by atoms with Crippen LogP contribution in [0.25, 0.3) is 0 Å². The predicted octanol–water partition coefficient (Wildman–Crippen LogP) is 3.97. The third kappa shape index (κ3) is 2.90. The van der Waals surface area contributed by atoms with Crippen LogP contribution in [0.3, 0.4) is 0 Å². The number of benzene rings is 1. The predicted molar refractivity (Wildman–Crippen MR) is 101 cm³/mol. The summed E-state index contributed by atoms with van der Waals surface area (Å²) < 4.78 is 18.8. The average molecular weight is 404 g/mol. The number of ether oxygens (including phenoxy) is 3. The minimum Gasteiger partial charge on any atom is -0.478 e. The van der Waals surface area contributed by atoms with Crippen molar-refractivity contribution in [3.8, 4) is 5.75 Å². The van der Waals surface area contributed by atoms with Gasteiger partial charge in [-0.1, -0.05) is 19.9 Å². The molecule has 0 aromatic heterocycles. The minimum atomic E-state index is -0.987. The minimum absolute atomic E-state index is 0.0318. The quantitative estimate of drug-likeness (QED) is 0.763. The molecule has 6 rings (SSSR count). The molecule has 4 aliphatic heterocycles. The van der Waals surface area contributed by atoms with Gasteiger partial charge in [-0.05, 0) is 56.2 Å². The molecule has 4 saturated heterocycles. The smallest absolute Gasteiger partial charge is 0.335 e. The second kappa shape index (κ2) is 6.67. The van der Waals surface area contributed by atoms with E-state index < -0.39 is 29.9 Å². The summed E-state index contributed by atoms with van der Waals surface area (Å²) in [4.78, 5) is 23.2. The molecule has 1 spiro atoms. The third-order valence-corrected chi connectivity index (χ3v) is 7.43. The standard InChI is InChI=1S/C22H28O7/c1-12-7-8-17-13(2)19(25-15-6-4-5-14(11-15)18(23)24)26-20-22(17)16(12)9-10-21(3,27-20)28-29-22/h4-6,11-13,16-17,19-20H,7-10H2,1-3H3,(H,23,24)/t12-,13-,16?,17?,19+,20?,21+,22-/m1/s1. The van der Waals surface area contributed by atoms with Crippen molar-refractivity contribution in [2.24, 2.45) is 23.7 Å². The number of fused-ring (bicyclic) bond motifs is 2. The summed E-state index contributed by atoms with van der Waals surface area (Å²) in [5, 5.41) is 9.26. The number of carbonyl (C=O) groups is 1. The van der Waals surface area contributed by atoms with Crippen LogP contribution < -0.4 is 4.74 Å². The molecule has 7 nitrogen and oxygen atoms in total. The molecule has 8 atom stereocenters. The number of aromatic carboxylic acids is 1. The van der Waals surface area contributed by atoms with E-state index in [1.54, 1.807) is 18.2 Å². The van der Waals surface area contributed by atoms with Gasteiger partial charge in [-0.25, -0.2) is 14.6 Å². The van der Waals surface area contributed by atoms with Crippen molar-refractivity contribution in [2.45, 2.75) is 70.4 Å². The van der Waals surface area contributed by atoms with Gasteiger partial charge in [-0.15, -0.1) is 0 Å². The summed E-state index contributed by atoms with van der Waals surface area (Å²) in [6.07, 6.45) is 2.71. The van der Waals surface area contributed by atoms with E-state index in [0.717, 1.165) is 25.7 Å². The average Bonchev–Trinajstić information content (AvgIpc) is 2.92. The van der Waals surface area contributed by atoms with Crippen molar-refractivity contribution in [3.05, 3.63) is 29.8 Å². The lowest BCUT2D eigenvalue weighted by molar-refractivity contribution is -0.575. The van der Waals surface area contributed by atoms with Crippen molar-refractivity contribution >= 4 is 5.97 Å². The second-order valence-corrected chi connectivity index (χ2v) is 9.22. The molecule has 5 aliphatic rings. The van der Waals surface area contributed by atoms with Crippen molar-refractivity contribution < 1.29 is 33.9 Å². The summed E-state index contributed by atoms with van der Waals surface area (Å²) in [7, 11) is 0. The Labute approximate surface area is 170 Å². The summed E-state index contributed by atoms with van der Waals surface area (Å²) in [6, 6.07) is 6.49. The van der Waals surface area contributed by atoms with Crippen LogP contribution in [0.1, 0.15) is 56.8 Å². The second-order valence-electron chi connectivity index (χ2n) is 9.22. The first-order valence-electron chi connectivity index (χ1n) is 10.5. The Balaban J connectivity index is 1.47. The van der Waals surface area contributed by atoms with Crippen LogP contribution in [0.2, 0.25) is 0 Å². The summed E-state index contributed by atoms with van der Waals surface area (Å²) in [5.74, 6) is -0.343. The van der Waals surface area contributed by atoms with Crippen molar-refractivity contribution in [2.75, 3.05) is 0 Å². The van der Waals surface area contributed by atoms with E-state index in [1.165, 1.54) is 6.07 Å². The molecule has 7 heteroatoms. The highest BCUT2D eigenvalue weighted by molar-refractivity contribution is 5.88. The number of rotatable bonds is 3. The highest BCUT2D eigenvalue weighted by Gasteiger charge is 2.69. The SMILES string of the molecule is C[C@@H]1CCC2[C@@H](C)[C@@H](Oc3cccc(C(=O)O)c3)OC3O[C@]4(C)CCC1[C@]32OO4. The first kappa shape index (κ1) is 19.3. The zero-order valence-electron chi connectivity index (χ0n) is 17.0. The highest BCUT2D eigenvalue weighted by Crippen LogP contribution is 2.60. The zero-order valence-corrected chi connectivity index (χ0v) is 17.0. The Hall–Kier alpha value is -1.67. The van der Waals surface area contributed by atoms with Crippen LogP contribution in [0.5, 0.6) is 5.75 Å². The molecule has 1 saturated carbocycles. The molecule has 29 heavy (non-hydrogen) atoms. The fraction of sp³-hybridized carbons (Fsp3) is 0.682. The molecule has 3 unspecified atom stereocenters. The van der Waals surface area contributed by atoms with Gasteiger partial charge in [0.25, 0.3) is 0 Å². The Bertz CT molecular complexity index is 812. The number of carboxylic acids is 1. The molecule has 1 aromatic carbocycles. The highest BCUT2D eigenvalue weighted by atomic mass is 17.3. The molecule has 1 aromatic rings. The maximum absolute atomic E-state index is 11.3. The largest absolute Gasteiger partial charge is 0.478 e. The molecule has 5 fully saturated rings. The van der Waals surface area contributed by atoms with Crippen LogP contribution in [-0.2, 0) is 19.2 Å². The Morgan fingerprint density at radius 3 is 2.79 bits per heavy atom. The third-order valence-electron chi connectivity index (χ3n) is 7.43. The van der Waals surface area contributed by atoms with Crippen LogP contribution in [0.15, 0.2) is 24.3 Å². The molecule has 158 valence electrons. The van der Waals surface area contributed by atoms with Crippen LogP contribution in [0.4, 0.5) is 0 Å². The Kier molecular flexibility index (Phi) is 4.44. The van der Waals surface area contributed by atoms with E-state index in [1.807, 2.05) is 6.92 Å². The monoisotopic (exact) mass is 404 g/mol. The van der Waals surface area contributed by atoms with Gasteiger partial charge < -0.3 is 19.3 Å². The Morgan fingerprint density at radius 1 is 1.17 bits per heavy atom. The number of hydrogen-bond donors (Lipinski definition) is 1. The van der Waals surface area contributed by atoms with Gasteiger partial charge in [0.1, 0.15) is 5.75 Å². The topological polar surface area (TPSA) is 83.5 Å². The van der Waals surface area contributed by atoms with Gasteiger partial charge in [0, 0.05) is 18.3 Å². The lowest BCUT2D eigenvalue weighted by atomic mass is 9.58. The number of hydrogen-bond acceptors (Lipinski definition) is 6. The van der Waals surface area contributed by atoms with Crippen molar-refractivity contribution in [3.63, 3.8) is 0 Å². The molecule has 0 amide bonds. The fourth-order valence-electron chi connectivity index (χ4n) is 5.84. The summed E-state index contributed by atoms with van der Waals surface area (Å²) in [5.41, 5.74) is -0.446. The maximum Gasteiger partial charge on any atom is 0.335 e. The fourth-order valence-corrected chi connectivity index (χ4v) is 5.84. The van der Waals surface area contributed by atoms with E-state index >= 15 is 0 Å². The summed E-state index contributed by atoms with van der Waals surface area (Å²) in [6.45, 7) is 6.28. The maximum atomic E-state index is 11.3. The molecule has 0 radical (unpaired) electrons. The molecule has 1 N–H and O–H groups in total. The van der Waals surface area contributed by atoms with Crippen LogP contribution in [0, 0.1) is 23.7 Å². The van der Waals surface area contributed by atoms with Gasteiger partial charge >= 0.3 is 5.97 Å². The molecule has 1 aliphatic carbocycles. The molecular formula is C22H28O7. The number of carboxylic acid groups (broad SMARTS) is 1. The van der Waals surface area contributed by atoms with Gasteiger partial charge in [-0.2, -0.15) is 0 Å². The van der Waals surface area contributed by atoms with E-state index in [9.17, 15) is 9.90 Å². The van der Waals surface area contributed by atoms with Crippen LogP contribution >= 0.6 is 0 Å². The molecule has 2 bridgehead atoms. The van der Waals surface area contributed by atoms with Gasteiger partial charge in [0.2, 0.25) is 12.1 Å². The first-order chi connectivity index (χ1) is 13.8. The van der Waals surface area contributed by atoms with E-state index in [4.69, 9.17) is 24.0 Å². The van der Waals surface area contributed by atoms with E-state index in [-0.39, 0.29) is 17.4 Å².